The lowest BCUT2D eigenvalue weighted by Crippen LogP contribution is -2.43. The van der Waals surface area contributed by atoms with Crippen molar-refractivity contribution in [3.63, 3.8) is 0 Å². The monoisotopic (exact) mass is 320 g/mol. The normalized spacial score (nSPS) is 25.4. The Morgan fingerprint density at radius 2 is 1.62 bits per heavy atom. The number of benzene rings is 2. The Bertz CT molecular complexity index is 697. The zero-order chi connectivity index (χ0) is 16.4. The molecule has 2 atom stereocenters. The first-order valence-electron chi connectivity index (χ1n) is 8.96. The molecule has 24 heavy (non-hydrogen) atoms. The van der Waals surface area contributed by atoms with Crippen molar-refractivity contribution in [3.8, 4) is 11.1 Å². The second-order valence-corrected chi connectivity index (χ2v) is 7.04. The van der Waals surface area contributed by atoms with E-state index in [1.165, 1.54) is 12.8 Å². The van der Waals surface area contributed by atoms with Gasteiger partial charge in [-0.2, -0.15) is 0 Å². The lowest BCUT2D eigenvalue weighted by Gasteiger charge is -2.31. The minimum atomic E-state index is 0.0485. The summed E-state index contributed by atoms with van der Waals surface area (Å²) in [6, 6.07) is 18.0. The predicted molar refractivity (Wildman–Crippen MR) is 96.8 cm³/mol. The molecule has 1 heterocycles. The average molecular weight is 320 g/mol. The molecule has 0 spiro atoms. The number of rotatable bonds is 4. The van der Waals surface area contributed by atoms with Gasteiger partial charge in [0.1, 0.15) is 0 Å². The molecule has 124 valence electrons. The van der Waals surface area contributed by atoms with Gasteiger partial charge in [-0.25, -0.2) is 0 Å². The molecule has 2 aliphatic rings. The van der Waals surface area contributed by atoms with E-state index in [1.54, 1.807) is 0 Å². The van der Waals surface area contributed by atoms with Crippen LogP contribution in [0, 0.1) is 17.8 Å². The average Bonchev–Trinajstić information content (AvgIpc) is 2.86. The molecule has 1 aliphatic carbocycles. The third-order valence-corrected chi connectivity index (χ3v) is 5.69. The smallest absolute Gasteiger partial charge is 0.251 e. The fourth-order valence-corrected chi connectivity index (χ4v) is 4.39. The molecule has 1 amide bonds. The van der Waals surface area contributed by atoms with Crippen molar-refractivity contribution in [2.45, 2.75) is 12.8 Å². The number of carbonyl (C=O) groups excluding carboxylic acids is 1. The number of nitrogens with one attached hydrogen (secondary N) is 2. The van der Waals surface area contributed by atoms with Gasteiger partial charge in [-0.3, -0.25) is 4.79 Å². The fraction of sp³-hybridized carbons (Fsp3) is 0.381. The van der Waals surface area contributed by atoms with Crippen LogP contribution in [-0.2, 0) is 0 Å². The lowest BCUT2D eigenvalue weighted by atomic mass is 9.86. The molecule has 2 unspecified atom stereocenters. The molecule has 1 saturated heterocycles. The number of piperidine rings is 1. The van der Waals surface area contributed by atoms with Crippen LogP contribution < -0.4 is 10.6 Å². The quantitative estimate of drug-likeness (QED) is 0.907. The second-order valence-electron chi connectivity index (χ2n) is 7.04. The summed E-state index contributed by atoms with van der Waals surface area (Å²) >= 11 is 0. The Morgan fingerprint density at radius 1 is 0.958 bits per heavy atom. The Labute approximate surface area is 143 Å². The zero-order valence-corrected chi connectivity index (χ0v) is 13.9. The van der Waals surface area contributed by atoms with Crippen LogP contribution in [0.2, 0.25) is 0 Å². The van der Waals surface area contributed by atoms with Gasteiger partial charge >= 0.3 is 0 Å². The number of carbonyl (C=O) groups is 1. The summed E-state index contributed by atoms with van der Waals surface area (Å²) in [7, 11) is 0. The first kappa shape index (κ1) is 15.4. The molecule has 2 aromatic carbocycles. The van der Waals surface area contributed by atoms with Crippen molar-refractivity contribution in [1.82, 2.24) is 10.6 Å². The molecule has 3 nitrogen and oxygen atoms in total. The van der Waals surface area contributed by atoms with E-state index in [1.807, 2.05) is 42.5 Å². The SMILES string of the molecule is O=C(NCC1C2CCC1CNC2)c1ccccc1-c1ccccc1. The molecule has 2 N–H and O–H groups in total. The van der Waals surface area contributed by atoms with E-state index in [-0.39, 0.29) is 5.91 Å². The van der Waals surface area contributed by atoms with Crippen LogP contribution in [0.4, 0.5) is 0 Å². The molecular weight excluding hydrogens is 296 g/mol. The lowest BCUT2D eigenvalue weighted by molar-refractivity contribution is 0.0935. The summed E-state index contributed by atoms with van der Waals surface area (Å²) < 4.78 is 0. The molecule has 0 aromatic heterocycles. The molecule has 3 heteroatoms. The highest BCUT2D eigenvalue weighted by Gasteiger charge is 2.38. The van der Waals surface area contributed by atoms with Crippen LogP contribution in [0.5, 0.6) is 0 Å². The first-order valence-corrected chi connectivity index (χ1v) is 8.96. The third kappa shape index (κ3) is 2.96. The summed E-state index contributed by atoms with van der Waals surface area (Å²) in [5.41, 5.74) is 2.86. The fourth-order valence-electron chi connectivity index (χ4n) is 4.39. The first-order chi connectivity index (χ1) is 11.8. The van der Waals surface area contributed by atoms with Gasteiger partial charge in [-0.05, 0) is 60.9 Å². The highest BCUT2D eigenvalue weighted by molar-refractivity contribution is 6.00. The van der Waals surface area contributed by atoms with Crippen molar-refractivity contribution >= 4 is 5.91 Å². The zero-order valence-electron chi connectivity index (χ0n) is 13.9. The number of hydrogen-bond donors (Lipinski definition) is 2. The Hall–Kier alpha value is -2.13. The van der Waals surface area contributed by atoms with Crippen LogP contribution in [0.25, 0.3) is 11.1 Å². The Balaban J connectivity index is 1.49. The maximum atomic E-state index is 12.8. The molecular formula is C21H24N2O. The summed E-state index contributed by atoms with van der Waals surface area (Å²) in [4.78, 5) is 12.8. The minimum Gasteiger partial charge on any atom is -0.352 e. The van der Waals surface area contributed by atoms with Gasteiger partial charge in [0, 0.05) is 12.1 Å². The van der Waals surface area contributed by atoms with Crippen molar-refractivity contribution in [2.24, 2.45) is 17.8 Å². The molecule has 2 fully saturated rings. The van der Waals surface area contributed by atoms with Gasteiger partial charge < -0.3 is 10.6 Å². The van der Waals surface area contributed by atoms with E-state index in [4.69, 9.17) is 0 Å². The molecule has 2 bridgehead atoms. The largest absolute Gasteiger partial charge is 0.352 e. The van der Waals surface area contributed by atoms with Crippen LogP contribution in [0.3, 0.4) is 0 Å². The molecule has 4 rings (SSSR count). The number of amides is 1. The van der Waals surface area contributed by atoms with Gasteiger partial charge in [0.2, 0.25) is 0 Å². The summed E-state index contributed by atoms with van der Waals surface area (Å²) in [5, 5.41) is 6.73. The van der Waals surface area contributed by atoms with Crippen molar-refractivity contribution in [2.75, 3.05) is 19.6 Å². The van der Waals surface area contributed by atoms with E-state index in [9.17, 15) is 4.79 Å². The molecule has 1 saturated carbocycles. The van der Waals surface area contributed by atoms with Gasteiger partial charge in [0.15, 0.2) is 0 Å². The van der Waals surface area contributed by atoms with E-state index in [0.717, 1.165) is 48.2 Å². The van der Waals surface area contributed by atoms with Crippen LogP contribution in [0.15, 0.2) is 54.6 Å². The summed E-state index contributed by atoms with van der Waals surface area (Å²) in [6.07, 6.45) is 2.61. The van der Waals surface area contributed by atoms with Crippen molar-refractivity contribution < 1.29 is 4.79 Å². The van der Waals surface area contributed by atoms with E-state index < -0.39 is 0 Å². The van der Waals surface area contributed by atoms with Crippen molar-refractivity contribution in [3.05, 3.63) is 60.2 Å². The standard InChI is InChI=1S/C21H24N2O/c24-21(23-14-20-16-10-11-17(20)13-22-12-16)19-9-5-4-8-18(19)15-6-2-1-3-7-15/h1-9,16-17,20,22H,10-14H2,(H,23,24). The third-order valence-electron chi connectivity index (χ3n) is 5.69. The van der Waals surface area contributed by atoms with Gasteiger partial charge in [-0.1, -0.05) is 48.5 Å². The Morgan fingerprint density at radius 3 is 2.38 bits per heavy atom. The van der Waals surface area contributed by atoms with E-state index in [0.29, 0.717) is 5.92 Å². The van der Waals surface area contributed by atoms with Gasteiger partial charge in [0.05, 0.1) is 0 Å². The van der Waals surface area contributed by atoms with Crippen LogP contribution in [0.1, 0.15) is 23.2 Å². The van der Waals surface area contributed by atoms with Gasteiger partial charge in [0.25, 0.3) is 5.91 Å². The molecule has 0 radical (unpaired) electrons. The maximum absolute atomic E-state index is 12.8. The molecule has 1 aliphatic heterocycles. The summed E-state index contributed by atoms with van der Waals surface area (Å²) in [5.74, 6) is 2.15. The van der Waals surface area contributed by atoms with Crippen molar-refractivity contribution in [1.29, 1.82) is 0 Å². The van der Waals surface area contributed by atoms with E-state index in [2.05, 4.69) is 22.8 Å². The topological polar surface area (TPSA) is 41.1 Å². The highest BCUT2D eigenvalue weighted by atomic mass is 16.1. The second kappa shape index (κ2) is 6.78. The number of fused-ring (bicyclic) bond motifs is 2. The highest BCUT2D eigenvalue weighted by Crippen LogP contribution is 2.38. The number of hydrogen-bond acceptors (Lipinski definition) is 2. The molecule has 2 aromatic rings. The minimum absolute atomic E-state index is 0.0485. The maximum Gasteiger partial charge on any atom is 0.251 e. The summed E-state index contributed by atoms with van der Waals surface area (Å²) in [6.45, 7) is 3.02. The van der Waals surface area contributed by atoms with E-state index >= 15 is 0 Å². The van der Waals surface area contributed by atoms with Crippen LogP contribution >= 0.6 is 0 Å². The van der Waals surface area contributed by atoms with Crippen LogP contribution in [-0.4, -0.2) is 25.5 Å². The van der Waals surface area contributed by atoms with Gasteiger partial charge in [-0.15, -0.1) is 0 Å². The predicted octanol–water partition coefficient (Wildman–Crippen LogP) is 3.33. The Kier molecular flexibility index (Phi) is 4.35.